The normalized spacial score (nSPS) is 32.7. The molecule has 2 aliphatic rings. The fourth-order valence-corrected chi connectivity index (χ4v) is 2.00. The summed E-state index contributed by atoms with van der Waals surface area (Å²) < 4.78 is 5.62. The summed E-state index contributed by atoms with van der Waals surface area (Å²) in [5.41, 5.74) is 0.117. The van der Waals surface area contributed by atoms with Gasteiger partial charge in [0.05, 0.1) is 0 Å². The van der Waals surface area contributed by atoms with Crippen LogP contribution in [0.3, 0.4) is 0 Å². The van der Waals surface area contributed by atoms with Crippen molar-refractivity contribution in [1.82, 2.24) is 5.32 Å². The predicted octanol–water partition coefficient (Wildman–Crippen LogP) is 1.70. The largest absolute Gasteiger partial charge is 0.379 e. The molecule has 2 atom stereocenters. The van der Waals surface area contributed by atoms with Crippen LogP contribution in [0.1, 0.15) is 32.6 Å². The highest BCUT2D eigenvalue weighted by Crippen LogP contribution is 2.36. The average molecular weight is 209 g/mol. The highest BCUT2D eigenvalue weighted by molar-refractivity contribution is 5.35. The molecular weight excluding hydrogens is 190 g/mol. The van der Waals surface area contributed by atoms with E-state index in [1.54, 1.807) is 0 Å². The summed E-state index contributed by atoms with van der Waals surface area (Å²) in [4.78, 5) is 0. The van der Waals surface area contributed by atoms with E-state index in [0.717, 1.165) is 18.7 Å². The van der Waals surface area contributed by atoms with E-state index < -0.39 is 5.60 Å². The van der Waals surface area contributed by atoms with Gasteiger partial charge >= 0.3 is 0 Å². The van der Waals surface area contributed by atoms with Gasteiger partial charge in [-0.3, -0.25) is 0 Å². The van der Waals surface area contributed by atoms with E-state index >= 15 is 0 Å². The maximum Gasteiger partial charge on any atom is 0.162 e. The molecule has 2 unspecified atom stereocenters. The molecule has 0 aromatic heterocycles. The molecule has 2 rings (SSSR count). The highest BCUT2D eigenvalue weighted by Gasteiger charge is 2.50. The Morgan fingerprint density at radius 1 is 1.60 bits per heavy atom. The molecule has 1 heterocycles. The summed E-state index contributed by atoms with van der Waals surface area (Å²) in [5, 5.41) is 13.4. The SMILES string of the molecule is CCCCCOC1NC2=CC=CCC21O. The highest BCUT2D eigenvalue weighted by atomic mass is 16.5. The second-order valence-corrected chi connectivity index (χ2v) is 4.24. The lowest BCUT2D eigenvalue weighted by Gasteiger charge is -2.49. The summed E-state index contributed by atoms with van der Waals surface area (Å²) in [6, 6.07) is 0. The van der Waals surface area contributed by atoms with Crippen molar-refractivity contribution in [2.75, 3.05) is 6.61 Å². The Bertz CT molecular complexity index is 285. The minimum atomic E-state index is -0.777. The quantitative estimate of drug-likeness (QED) is 0.677. The molecule has 1 aliphatic heterocycles. The van der Waals surface area contributed by atoms with Crippen LogP contribution in [-0.4, -0.2) is 23.5 Å². The van der Waals surface area contributed by atoms with E-state index in [9.17, 15) is 5.11 Å². The number of fused-ring (bicyclic) bond motifs is 1. The van der Waals surface area contributed by atoms with Crippen molar-refractivity contribution in [2.45, 2.75) is 44.4 Å². The van der Waals surface area contributed by atoms with Crippen LogP contribution in [0.25, 0.3) is 0 Å². The van der Waals surface area contributed by atoms with Crippen LogP contribution in [0.5, 0.6) is 0 Å². The van der Waals surface area contributed by atoms with E-state index in [0.29, 0.717) is 6.42 Å². The first-order valence-corrected chi connectivity index (χ1v) is 5.75. The predicted molar refractivity (Wildman–Crippen MR) is 59.2 cm³/mol. The number of nitrogens with one attached hydrogen (secondary N) is 1. The molecule has 15 heavy (non-hydrogen) atoms. The van der Waals surface area contributed by atoms with Gasteiger partial charge < -0.3 is 15.2 Å². The Morgan fingerprint density at radius 3 is 3.20 bits per heavy atom. The molecule has 0 spiro atoms. The lowest BCUT2D eigenvalue weighted by atomic mass is 9.82. The third-order valence-corrected chi connectivity index (χ3v) is 3.05. The van der Waals surface area contributed by atoms with Crippen LogP contribution in [0.15, 0.2) is 23.9 Å². The third kappa shape index (κ3) is 1.94. The van der Waals surface area contributed by atoms with Crippen LogP contribution in [-0.2, 0) is 4.74 Å². The Labute approximate surface area is 90.8 Å². The molecule has 0 radical (unpaired) electrons. The van der Waals surface area contributed by atoms with Gasteiger partial charge in [0.1, 0.15) is 0 Å². The monoisotopic (exact) mass is 209 g/mol. The Morgan fingerprint density at radius 2 is 2.47 bits per heavy atom. The molecule has 0 saturated carbocycles. The van der Waals surface area contributed by atoms with E-state index in [1.165, 1.54) is 12.8 Å². The van der Waals surface area contributed by atoms with Crippen LogP contribution in [0.4, 0.5) is 0 Å². The molecule has 1 saturated heterocycles. The van der Waals surface area contributed by atoms with Gasteiger partial charge in [0.2, 0.25) is 0 Å². The molecule has 1 aliphatic carbocycles. The summed E-state index contributed by atoms with van der Waals surface area (Å²) in [6.07, 6.45) is 9.74. The summed E-state index contributed by atoms with van der Waals surface area (Å²) in [6.45, 7) is 2.90. The minimum Gasteiger partial charge on any atom is -0.379 e. The minimum absolute atomic E-state index is 0.217. The number of unbranched alkanes of at least 4 members (excludes halogenated alkanes) is 2. The van der Waals surface area contributed by atoms with E-state index in [-0.39, 0.29) is 6.23 Å². The van der Waals surface area contributed by atoms with Crippen LogP contribution in [0.2, 0.25) is 0 Å². The molecule has 2 N–H and O–H groups in total. The molecule has 0 bridgehead atoms. The Kier molecular flexibility index (Phi) is 3.12. The molecular formula is C12H19NO2. The van der Waals surface area contributed by atoms with Crippen molar-refractivity contribution >= 4 is 0 Å². The molecule has 0 aromatic carbocycles. The van der Waals surface area contributed by atoms with Gasteiger partial charge in [0.25, 0.3) is 0 Å². The fourth-order valence-electron chi connectivity index (χ4n) is 2.00. The first-order chi connectivity index (χ1) is 7.27. The van der Waals surface area contributed by atoms with Crippen molar-refractivity contribution in [1.29, 1.82) is 0 Å². The average Bonchev–Trinajstić information content (AvgIpc) is 2.23. The number of hydrogen-bond acceptors (Lipinski definition) is 3. The van der Waals surface area contributed by atoms with Crippen molar-refractivity contribution in [2.24, 2.45) is 0 Å². The molecule has 3 nitrogen and oxygen atoms in total. The maximum atomic E-state index is 10.2. The van der Waals surface area contributed by atoms with Gasteiger partial charge in [-0.2, -0.15) is 0 Å². The number of allylic oxidation sites excluding steroid dienone is 2. The van der Waals surface area contributed by atoms with Gasteiger partial charge in [-0.1, -0.05) is 31.9 Å². The Hall–Kier alpha value is -0.800. The number of aliphatic hydroxyl groups is 1. The summed E-state index contributed by atoms with van der Waals surface area (Å²) >= 11 is 0. The van der Waals surface area contributed by atoms with E-state index in [4.69, 9.17) is 4.74 Å². The molecule has 84 valence electrons. The lowest BCUT2D eigenvalue weighted by Crippen LogP contribution is -2.67. The zero-order valence-corrected chi connectivity index (χ0v) is 9.20. The lowest BCUT2D eigenvalue weighted by molar-refractivity contribution is -0.148. The van der Waals surface area contributed by atoms with Crippen LogP contribution >= 0.6 is 0 Å². The van der Waals surface area contributed by atoms with Gasteiger partial charge in [0, 0.05) is 18.7 Å². The second kappa shape index (κ2) is 4.37. The first kappa shape index (κ1) is 10.7. The summed E-state index contributed by atoms with van der Waals surface area (Å²) in [7, 11) is 0. The molecule has 0 amide bonds. The number of hydrogen-bond donors (Lipinski definition) is 2. The van der Waals surface area contributed by atoms with Crippen LogP contribution in [0, 0.1) is 0 Å². The Balaban J connectivity index is 1.77. The molecule has 1 fully saturated rings. The smallest absolute Gasteiger partial charge is 0.162 e. The van der Waals surface area contributed by atoms with Crippen molar-refractivity contribution in [3.63, 3.8) is 0 Å². The van der Waals surface area contributed by atoms with Crippen molar-refractivity contribution in [3.05, 3.63) is 23.9 Å². The van der Waals surface area contributed by atoms with Gasteiger partial charge in [-0.05, 0) is 12.5 Å². The fraction of sp³-hybridized carbons (Fsp3) is 0.667. The second-order valence-electron chi connectivity index (χ2n) is 4.24. The maximum absolute atomic E-state index is 10.2. The molecule has 0 aromatic rings. The third-order valence-electron chi connectivity index (χ3n) is 3.05. The molecule has 3 heteroatoms. The van der Waals surface area contributed by atoms with Crippen molar-refractivity contribution < 1.29 is 9.84 Å². The van der Waals surface area contributed by atoms with Crippen LogP contribution < -0.4 is 5.32 Å². The van der Waals surface area contributed by atoms with Gasteiger partial charge in [-0.15, -0.1) is 0 Å². The summed E-state index contributed by atoms with van der Waals surface area (Å²) in [5.74, 6) is 0. The first-order valence-electron chi connectivity index (χ1n) is 5.75. The standard InChI is InChI=1S/C12H19NO2/c1-2-3-6-9-15-11-12(14)8-5-4-7-10(12)13-11/h4-5,7,11,13-14H,2-3,6,8-9H2,1H3. The van der Waals surface area contributed by atoms with Gasteiger partial charge in [-0.25, -0.2) is 0 Å². The van der Waals surface area contributed by atoms with E-state index in [1.807, 2.05) is 18.2 Å². The van der Waals surface area contributed by atoms with E-state index in [2.05, 4.69) is 12.2 Å². The zero-order valence-electron chi connectivity index (χ0n) is 9.20. The van der Waals surface area contributed by atoms with Gasteiger partial charge in [0.15, 0.2) is 11.8 Å². The van der Waals surface area contributed by atoms with Crippen molar-refractivity contribution in [3.8, 4) is 0 Å². The number of rotatable bonds is 5. The topological polar surface area (TPSA) is 41.5 Å². The zero-order chi connectivity index (χ0) is 10.7. The number of ether oxygens (including phenoxy) is 1.